The summed E-state index contributed by atoms with van der Waals surface area (Å²) in [5.74, 6) is 1.36. The Morgan fingerprint density at radius 3 is 1.06 bits per heavy atom. The van der Waals surface area contributed by atoms with Crippen molar-refractivity contribution in [3.63, 3.8) is 0 Å². The zero-order valence-electron chi connectivity index (χ0n) is 51.5. The molecule has 488 valence electrons. The van der Waals surface area contributed by atoms with E-state index in [0.717, 1.165) is 89.9 Å². The minimum Gasteiger partial charge on any atom is -0.381 e. The number of carbonyl (C=O) groups is 2. The number of nitrogens with zero attached hydrogens (tertiary/aromatic N) is 4. The molecule has 10 unspecified atom stereocenters. The molecule has 0 spiro atoms. The van der Waals surface area contributed by atoms with Crippen molar-refractivity contribution in [2.75, 3.05) is 146 Å². The van der Waals surface area contributed by atoms with Gasteiger partial charge in [0.15, 0.2) is 0 Å². The van der Waals surface area contributed by atoms with Crippen LogP contribution in [0, 0.1) is 23.7 Å². The van der Waals surface area contributed by atoms with Crippen LogP contribution in [-0.2, 0) is 61.7 Å². The van der Waals surface area contributed by atoms with E-state index in [1.54, 1.807) is 0 Å². The van der Waals surface area contributed by atoms with Crippen molar-refractivity contribution in [2.24, 2.45) is 33.7 Å². The summed E-state index contributed by atoms with van der Waals surface area (Å²) < 4.78 is 62.6. The maximum Gasteiger partial charge on any atom is 0.222 e. The lowest BCUT2D eigenvalue weighted by Gasteiger charge is -2.44. The Kier molecular flexibility index (Phi) is 31.0. The van der Waals surface area contributed by atoms with Crippen LogP contribution in [-0.4, -0.2) is 251 Å². The first kappa shape index (κ1) is 69.1. The van der Waals surface area contributed by atoms with Gasteiger partial charge in [-0.05, 0) is 116 Å². The number of rotatable bonds is 38. The third-order valence-electron chi connectivity index (χ3n) is 18.6. The van der Waals surface area contributed by atoms with E-state index in [1.807, 2.05) is 14.2 Å². The van der Waals surface area contributed by atoms with E-state index in [0.29, 0.717) is 181 Å². The number of hydrogen-bond acceptors (Lipinski definition) is 21. The average Bonchev–Trinajstić information content (AvgIpc) is 2.64. The van der Waals surface area contributed by atoms with Gasteiger partial charge in [0.25, 0.3) is 0 Å². The fourth-order valence-corrected chi connectivity index (χ4v) is 14.7. The van der Waals surface area contributed by atoms with Crippen LogP contribution in [0.15, 0.2) is 9.98 Å². The molecule has 23 nitrogen and oxygen atoms in total. The molecule has 0 aromatic carbocycles. The molecule has 4 heterocycles. The van der Waals surface area contributed by atoms with Gasteiger partial charge in [0, 0.05) is 73.4 Å². The largest absolute Gasteiger partial charge is 0.381 e. The topological polar surface area (TPSA) is 239 Å². The molecule has 8 aliphatic rings. The van der Waals surface area contributed by atoms with E-state index in [-0.39, 0.29) is 71.5 Å². The summed E-state index contributed by atoms with van der Waals surface area (Å²) in [5, 5.41) is 6.61. The molecule has 8 rings (SSSR count). The molecule has 0 bridgehead atoms. The molecule has 4 saturated carbocycles. The highest BCUT2D eigenvalue weighted by Crippen LogP contribution is 2.44. The first-order valence-corrected chi connectivity index (χ1v) is 33.3. The van der Waals surface area contributed by atoms with E-state index in [1.165, 1.54) is 11.4 Å². The number of alkyl halides is 2. The quantitative estimate of drug-likeness (QED) is 0.0380. The SMILES string of the molecule is COC1CCC2C(C1)C(C1CCC(Cl)CC1)=N[C@@H](CC(=O)NCCOCCOCCOCCOCCOCCOCCOCCOCCOCCNC(=O)C[C@@H]1N=C(C3CCC(Cl)CC3)C3CC(OC)CCC3N3C(C)NNC13)C1NNC(C)N21. The number of hydrogen-bond donors (Lipinski definition) is 6. The molecular weight excluding hydrogens is 1140 g/mol. The summed E-state index contributed by atoms with van der Waals surface area (Å²) in [6, 6.07) is 0.268. The predicted octanol–water partition coefficient (Wildman–Crippen LogP) is 3.92. The van der Waals surface area contributed by atoms with Crippen LogP contribution in [0.25, 0.3) is 0 Å². The number of aliphatic imine (C=N–C) groups is 2. The molecule has 6 fully saturated rings. The fourth-order valence-electron chi connectivity index (χ4n) is 14.2. The van der Waals surface area contributed by atoms with Crippen molar-refractivity contribution >= 4 is 46.4 Å². The number of amides is 2. The zero-order chi connectivity index (χ0) is 59.6. The molecular formula is C60H106Cl2N10O13. The van der Waals surface area contributed by atoms with Gasteiger partial charge in [0.05, 0.1) is 181 Å². The second kappa shape index (κ2) is 38.1. The van der Waals surface area contributed by atoms with Crippen molar-refractivity contribution < 1.29 is 61.7 Å². The summed E-state index contributed by atoms with van der Waals surface area (Å²) in [7, 11) is 3.65. The van der Waals surface area contributed by atoms with Crippen molar-refractivity contribution in [3.8, 4) is 0 Å². The monoisotopic (exact) mass is 1240 g/mol. The summed E-state index contributed by atoms with van der Waals surface area (Å²) in [4.78, 5) is 42.8. The van der Waals surface area contributed by atoms with Gasteiger partial charge in [0.1, 0.15) is 0 Å². The Hall–Kier alpha value is -1.82. The van der Waals surface area contributed by atoms with Crippen LogP contribution in [0.1, 0.15) is 117 Å². The molecule has 2 saturated heterocycles. The van der Waals surface area contributed by atoms with Gasteiger partial charge in [-0.1, -0.05) is 0 Å². The van der Waals surface area contributed by atoms with Gasteiger partial charge in [-0.15, -0.1) is 23.2 Å². The normalized spacial score (nSPS) is 33.4. The van der Waals surface area contributed by atoms with Gasteiger partial charge < -0.3 is 62.7 Å². The maximum atomic E-state index is 13.4. The van der Waals surface area contributed by atoms with Gasteiger partial charge in [-0.3, -0.25) is 29.4 Å². The first-order chi connectivity index (χ1) is 41.6. The Balaban J connectivity index is 0.554. The highest BCUT2D eigenvalue weighted by Gasteiger charge is 2.52. The van der Waals surface area contributed by atoms with Gasteiger partial charge in [0.2, 0.25) is 11.8 Å². The van der Waals surface area contributed by atoms with Gasteiger partial charge in [-0.2, -0.15) is 0 Å². The standard InChI is InChI=1S/C60H106Cl2N10O13/c1-41-67-69-59-51(65-57(43-5-9-45(61)10-6-43)49-37-47(75-3)13-15-53(49)71(41)59)39-55(73)63-17-19-77-21-23-79-25-27-81-29-31-83-33-35-85-36-34-84-32-30-82-28-26-80-24-22-78-20-18-64-56(74)40-52-60-70-68-42(2)72(60)54-16-14-48(76-4)38-50(54)58(66-52)44-7-11-46(62)12-8-44/h41-54,59-60,67-70H,5-40H2,1-4H3,(H,63,73)(H,64,74)/t41?,42?,43?,44?,45?,46?,47?,48?,49?,50?,51-,52-,53?,54?,59?,60?/m0/s1. The minimum absolute atomic E-state index is 0.0246. The third kappa shape index (κ3) is 21.7. The Bertz CT molecular complexity index is 1850. The summed E-state index contributed by atoms with van der Waals surface area (Å²) in [6.07, 6.45) is 15.5. The number of methoxy groups -OCH3 is 2. The van der Waals surface area contributed by atoms with Crippen LogP contribution in [0.2, 0.25) is 0 Å². The van der Waals surface area contributed by atoms with E-state index < -0.39 is 0 Å². The lowest BCUT2D eigenvalue weighted by atomic mass is 9.72. The zero-order valence-corrected chi connectivity index (χ0v) is 53.1. The predicted molar refractivity (Wildman–Crippen MR) is 325 cm³/mol. The molecule has 6 N–H and O–H groups in total. The minimum atomic E-state index is -0.211. The van der Waals surface area contributed by atoms with Crippen LogP contribution >= 0.6 is 23.2 Å². The van der Waals surface area contributed by atoms with Gasteiger partial charge >= 0.3 is 0 Å². The molecule has 4 aliphatic heterocycles. The summed E-state index contributed by atoms with van der Waals surface area (Å²) >= 11 is 13.1. The highest BCUT2D eigenvalue weighted by molar-refractivity contribution is 6.21. The first-order valence-electron chi connectivity index (χ1n) is 32.4. The number of fused-ring (bicyclic) bond motifs is 6. The number of nitrogens with one attached hydrogen (secondary N) is 6. The lowest BCUT2D eigenvalue weighted by molar-refractivity contribution is -0.123. The van der Waals surface area contributed by atoms with Crippen LogP contribution in [0.5, 0.6) is 0 Å². The molecule has 2 amide bonds. The maximum absolute atomic E-state index is 13.4. The van der Waals surface area contributed by atoms with E-state index in [4.69, 9.17) is 85.3 Å². The van der Waals surface area contributed by atoms with Crippen molar-refractivity contribution in [2.45, 2.75) is 188 Å². The molecule has 12 atom stereocenters. The highest BCUT2D eigenvalue weighted by atomic mass is 35.5. The summed E-state index contributed by atoms with van der Waals surface area (Å²) in [6.45, 7) is 13.4. The van der Waals surface area contributed by atoms with Crippen LogP contribution in [0.3, 0.4) is 0 Å². The van der Waals surface area contributed by atoms with Gasteiger partial charge in [-0.25, -0.2) is 21.7 Å². The second-order valence-corrected chi connectivity index (χ2v) is 25.4. The number of ether oxygens (including phenoxy) is 11. The second-order valence-electron chi connectivity index (χ2n) is 24.2. The van der Waals surface area contributed by atoms with Crippen LogP contribution < -0.4 is 32.3 Å². The molecule has 25 heteroatoms. The molecule has 0 aromatic rings. The number of carbonyl (C=O) groups excluding carboxylic acids is 2. The fraction of sp³-hybridized carbons (Fsp3) is 0.933. The van der Waals surface area contributed by atoms with E-state index in [2.05, 4.69) is 56.0 Å². The van der Waals surface area contributed by atoms with Crippen LogP contribution in [0.4, 0.5) is 0 Å². The Labute approximate surface area is 516 Å². The van der Waals surface area contributed by atoms with E-state index in [9.17, 15) is 9.59 Å². The number of halogens is 2. The molecule has 85 heavy (non-hydrogen) atoms. The summed E-state index contributed by atoms with van der Waals surface area (Å²) in [5.41, 5.74) is 16.5. The number of hydrazine groups is 2. The Morgan fingerprint density at radius 1 is 0.447 bits per heavy atom. The Morgan fingerprint density at radius 2 is 0.753 bits per heavy atom. The molecule has 0 aromatic heterocycles. The smallest absolute Gasteiger partial charge is 0.222 e. The average molecular weight is 1250 g/mol. The van der Waals surface area contributed by atoms with Crippen molar-refractivity contribution in [1.82, 2.24) is 42.1 Å². The van der Waals surface area contributed by atoms with Crippen molar-refractivity contribution in [3.05, 3.63) is 0 Å². The van der Waals surface area contributed by atoms with Crippen molar-refractivity contribution in [1.29, 1.82) is 0 Å². The van der Waals surface area contributed by atoms with E-state index >= 15 is 0 Å². The molecule has 0 radical (unpaired) electrons. The molecule has 4 aliphatic carbocycles. The third-order valence-corrected chi connectivity index (χ3v) is 19.4. The lowest BCUT2D eigenvalue weighted by Crippen LogP contribution is -2.55.